The highest BCUT2D eigenvalue weighted by molar-refractivity contribution is 4.74. The number of rotatable bonds is 5. The van der Waals surface area contributed by atoms with Gasteiger partial charge < -0.3 is 15.5 Å². The van der Waals surface area contributed by atoms with Gasteiger partial charge in [0.15, 0.2) is 0 Å². The maximum atomic E-state index is 5.53. The van der Waals surface area contributed by atoms with Gasteiger partial charge in [-0.15, -0.1) is 0 Å². The first kappa shape index (κ1) is 13.9. The molecular weight excluding hydrogens is 198 g/mol. The zero-order valence-electron chi connectivity index (χ0n) is 11.3. The first-order chi connectivity index (χ1) is 7.51. The van der Waals surface area contributed by atoms with Crippen LogP contribution in [0.4, 0.5) is 0 Å². The van der Waals surface area contributed by atoms with Crippen molar-refractivity contribution in [3.63, 3.8) is 0 Å². The van der Waals surface area contributed by atoms with Crippen molar-refractivity contribution < 1.29 is 0 Å². The van der Waals surface area contributed by atoms with E-state index in [2.05, 4.69) is 30.6 Å². The number of nitrogens with zero attached hydrogens (tertiary/aromatic N) is 2. The van der Waals surface area contributed by atoms with Gasteiger partial charge in [0.05, 0.1) is 0 Å². The first-order valence-corrected chi connectivity index (χ1v) is 6.66. The summed E-state index contributed by atoms with van der Waals surface area (Å²) in [6.45, 7) is 15.2. The van der Waals surface area contributed by atoms with E-state index in [-0.39, 0.29) is 0 Å². The maximum absolute atomic E-state index is 5.53. The molecule has 0 saturated carbocycles. The summed E-state index contributed by atoms with van der Waals surface area (Å²) >= 11 is 0. The summed E-state index contributed by atoms with van der Waals surface area (Å²) in [5, 5.41) is 0. The Morgan fingerprint density at radius 3 is 1.88 bits per heavy atom. The SMILES string of the molecule is CC(C)(C)CCN1CCN(CCCN)CC1. The van der Waals surface area contributed by atoms with Crippen molar-refractivity contribution in [2.24, 2.45) is 11.1 Å². The largest absolute Gasteiger partial charge is 0.330 e. The molecule has 0 aliphatic carbocycles. The Morgan fingerprint density at radius 1 is 0.938 bits per heavy atom. The lowest BCUT2D eigenvalue weighted by Gasteiger charge is -2.35. The minimum Gasteiger partial charge on any atom is -0.330 e. The fourth-order valence-electron chi connectivity index (χ4n) is 2.04. The van der Waals surface area contributed by atoms with Crippen LogP contribution in [0.25, 0.3) is 0 Å². The molecular formula is C13H29N3. The molecule has 0 bridgehead atoms. The van der Waals surface area contributed by atoms with E-state index in [0.29, 0.717) is 5.41 Å². The van der Waals surface area contributed by atoms with Gasteiger partial charge in [0, 0.05) is 26.2 Å². The van der Waals surface area contributed by atoms with Crippen molar-refractivity contribution in [3.8, 4) is 0 Å². The Balaban J connectivity index is 2.12. The zero-order chi connectivity index (χ0) is 12.0. The second-order valence-electron chi connectivity index (χ2n) is 6.14. The Bertz CT molecular complexity index is 178. The lowest BCUT2D eigenvalue weighted by molar-refractivity contribution is 0.121. The standard InChI is InChI=1S/C13H29N3/c1-13(2,3)5-8-16-11-9-15(10-12-16)7-4-6-14/h4-12,14H2,1-3H3. The molecule has 1 aliphatic rings. The summed E-state index contributed by atoms with van der Waals surface area (Å²) < 4.78 is 0. The summed E-state index contributed by atoms with van der Waals surface area (Å²) in [6, 6.07) is 0. The molecule has 3 nitrogen and oxygen atoms in total. The van der Waals surface area contributed by atoms with Crippen molar-refractivity contribution in [1.29, 1.82) is 0 Å². The van der Waals surface area contributed by atoms with Crippen LogP contribution in [0.1, 0.15) is 33.6 Å². The van der Waals surface area contributed by atoms with Crippen LogP contribution in [0.15, 0.2) is 0 Å². The van der Waals surface area contributed by atoms with E-state index in [1.165, 1.54) is 45.7 Å². The molecule has 0 unspecified atom stereocenters. The Morgan fingerprint density at radius 2 is 1.44 bits per heavy atom. The Kier molecular flexibility index (Phi) is 5.73. The lowest BCUT2D eigenvalue weighted by Crippen LogP contribution is -2.47. The van der Waals surface area contributed by atoms with Crippen molar-refractivity contribution >= 4 is 0 Å². The minimum atomic E-state index is 0.469. The fraction of sp³-hybridized carbons (Fsp3) is 1.00. The zero-order valence-corrected chi connectivity index (χ0v) is 11.3. The van der Waals surface area contributed by atoms with Crippen LogP contribution in [0, 0.1) is 5.41 Å². The van der Waals surface area contributed by atoms with Crippen LogP contribution >= 0.6 is 0 Å². The number of nitrogens with two attached hydrogens (primary N) is 1. The Labute approximate surface area is 101 Å². The predicted molar refractivity (Wildman–Crippen MR) is 70.6 cm³/mol. The quantitative estimate of drug-likeness (QED) is 0.770. The van der Waals surface area contributed by atoms with E-state index < -0.39 is 0 Å². The molecule has 0 spiro atoms. The van der Waals surface area contributed by atoms with E-state index >= 15 is 0 Å². The molecule has 2 N–H and O–H groups in total. The van der Waals surface area contributed by atoms with Gasteiger partial charge in [0.25, 0.3) is 0 Å². The molecule has 0 amide bonds. The third-order valence-corrected chi connectivity index (χ3v) is 3.32. The number of piperazine rings is 1. The molecule has 1 rings (SSSR count). The molecule has 96 valence electrons. The van der Waals surface area contributed by atoms with Crippen molar-refractivity contribution in [2.75, 3.05) is 45.8 Å². The van der Waals surface area contributed by atoms with Crippen molar-refractivity contribution in [2.45, 2.75) is 33.6 Å². The van der Waals surface area contributed by atoms with E-state index in [1.54, 1.807) is 0 Å². The van der Waals surface area contributed by atoms with Crippen LogP contribution in [0.5, 0.6) is 0 Å². The summed E-state index contributed by atoms with van der Waals surface area (Å²) in [5.41, 5.74) is 6.00. The normalized spacial score (nSPS) is 20.2. The molecule has 1 aliphatic heterocycles. The average Bonchev–Trinajstić information content (AvgIpc) is 2.24. The van der Waals surface area contributed by atoms with E-state index in [0.717, 1.165) is 13.0 Å². The number of hydrogen-bond acceptors (Lipinski definition) is 3. The maximum Gasteiger partial charge on any atom is 0.0110 e. The van der Waals surface area contributed by atoms with E-state index in [1.807, 2.05) is 0 Å². The van der Waals surface area contributed by atoms with Gasteiger partial charge in [0.2, 0.25) is 0 Å². The van der Waals surface area contributed by atoms with Gasteiger partial charge in [-0.3, -0.25) is 0 Å². The lowest BCUT2D eigenvalue weighted by atomic mass is 9.92. The summed E-state index contributed by atoms with van der Waals surface area (Å²) in [6.07, 6.45) is 2.44. The van der Waals surface area contributed by atoms with E-state index in [9.17, 15) is 0 Å². The first-order valence-electron chi connectivity index (χ1n) is 6.66. The molecule has 0 aromatic carbocycles. The van der Waals surface area contributed by atoms with Crippen LogP contribution in [-0.2, 0) is 0 Å². The molecule has 0 aromatic heterocycles. The highest BCUT2D eigenvalue weighted by Gasteiger charge is 2.18. The van der Waals surface area contributed by atoms with Gasteiger partial charge in [-0.1, -0.05) is 20.8 Å². The smallest absolute Gasteiger partial charge is 0.0110 e. The molecule has 3 heteroatoms. The third-order valence-electron chi connectivity index (χ3n) is 3.32. The van der Waals surface area contributed by atoms with Crippen LogP contribution in [0.3, 0.4) is 0 Å². The van der Waals surface area contributed by atoms with Gasteiger partial charge in [0.1, 0.15) is 0 Å². The van der Waals surface area contributed by atoms with Crippen molar-refractivity contribution in [1.82, 2.24) is 9.80 Å². The fourth-order valence-corrected chi connectivity index (χ4v) is 2.04. The summed E-state index contributed by atoms with van der Waals surface area (Å²) in [4.78, 5) is 5.14. The summed E-state index contributed by atoms with van der Waals surface area (Å²) in [5.74, 6) is 0. The second kappa shape index (κ2) is 6.58. The van der Waals surface area contributed by atoms with Crippen LogP contribution < -0.4 is 5.73 Å². The number of hydrogen-bond donors (Lipinski definition) is 1. The van der Waals surface area contributed by atoms with Gasteiger partial charge in [-0.2, -0.15) is 0 Å². The van der Waals surface area contributed by atoms with Gasteiger partial charge in [-0.25, -0.2) is 0 Å². The van der Waals surface area contributed by atoms with Crippen molar-refractivity contribution in [3.05, 3.63) is 0 Å². The molecule has 16 heavy (non-hydrogen) atoms. The second-order valence-corrected chi connectivity index (χ2v) is 6.14. The van der Waals surface area contributed by atoms with Gasteiger partial charge >= 0.3 is 0 Å². The van der Waals surface area contributed by atoms with Crippen LogP contribution in [0.2, 0.25) is 0 Å². The highest BCUT2D eigenvalue weighted by Crippen LogP contribution is 2.19. The molecule has 1 saturated heterocycles. The Hall–Kier alpha value is -0.120. The summed E-state index contributed by atoms with van der Waals surface area (Å²) in [7, 11) is 0. The van der Waals surface area contributed by atoms with E-state index in [4.69, 9.17) is 5.73 Å². The monoisotopic (exact) mass is 227 g/mol. The molecule has 1 heterocycles. The third kappa shape index (κ3) is 5.83. The predicted octanol–water partition coefficient (Wildman–Crippen LogP) is 1.39. The van der Waals surface area contributed by atoms with Crippen LogP contribution in [-0.4, -0.2) is 55.6 Å². The van der Waals surface area contributed by atoms with Gasteiger partial charge in [-0.05, 0) is 37.9 Å². The minimum absolute atomic E-state index is 0.469. The molecule has 0 atom stereocenters. The molecule has 0 radical (unpaired) electrons. The topological polar surface area (TPSA) is 32.5 Å². The average molecular weight is 227 g/mol. The molecule has 0 aromatic rings. The molecule has 1 fully saturated rings. The highest BCUT2D eigenvalue weighted by atomic mass is 15.3.